The number of rotatable bonds is 4. The average Bonchev–Trinajstić information content (AvgIpc) is 2.27. The lowest BCUT2D eigenvalue weighted by molar-refractivity contribution is 0.0524. The van der Waals surface area contributed by atoms with Gasteiger partial charge in [0.1, 0.15) is 5.69 Å². The highest BCUT2D eigenvalue weighted by molar-refractivity contribution is 6.34. The summed E-state index contributed by atoms with van der Waals surface area (Å²) >= 11 is 5.72. The van der Waals surface area contributed by atoms with Crippen LogP contribution in [-0.2, 0) is 11.3 Å². The molecule has 1 aromatic rings. The second-order valence-corrected chi connectivity index (χ2v) is 3.46. The van der Waals surface area contributed by atoms with E-state index < -0.39 is 23.1 Å². The molecule has 0 saturated heterocycles. The van der Waals surface area contributed by atoms with Crippen molar-refractivity contribution in [3.63, 3.8) is 0 Å². The third-order valence-corrected chi connectivity index (χ3v) is 2.41. The van der Waals surface area contributed by atoms with Gasteiger partial charge in [0.25, 0.3) is 6.43 Å². The van der Waals surface area contributed by atoms with Crippen molar-refractivity contribution in [2.45, 2.75) is 19.9 Å². The van der Waals surface area contributed by atoms with E-state index in [0.717, 1.165) is 6.20 Å². The minimum Gasteiger partial charge on any atom is -0.462 e. The molecule has 1 heterocycles. The number of aromatic nitrogens is 1. The zero-order valence-electron chi connectivity index (χ0n) is 9.04. The second kappa shape index (κ2) is 5.88. The van der Waals surface area contributed by atoms with Crippen molar-refractivity contribution in [3.8, 4) is 0 Å². The van der Waals surface area contributed by atoms with Gasteiger partial charge in [0.05, 0.1) is 17.2 Å². The molecule has 1 rings (SSSR count). The Morgan fingerprint density at radius 2 is 2.29 bits per heavy atom. The number of hydrogen-bond donors (Lipinski definition) is 1. The molecule has 0 aromatic carbocycles. The van der Waals surface area contributed by atoms with Gasteiger partial charge < -0.3 is 10.5 Å². The number of esters is 1. The first-order chi connectivity index (χ1) is 8.02. The minimum atomic E-state index is -2.86. The summed E-state index contributed by atoms with van der Waals surface area (Å²) < 4.78 is 29.9. The maximum absolute atomic E-state index is 12.6. The van der Waals surface area contributed by atoms with Crippen molar-refractivity contribution in [1.82, 2.24) is 4.98 Å². The molecule has 94 valence electrons. The zero-order valence-corrected chi connectivity index (χ0v) is 9.80. The van der Waals surface area contributed by atoms with Crippen molar-refractivity contribution in [3.05, 3.63) is 28.0 Å². The average molecular weight is 265 g/mol. The summed E-state index contributed by atoms with van der Waals surface area (Å²) in [6, 6.07) is 0. The van der Waals surface area contributed by atoms with Gasteiger partial charge in [0.15, 0.2) is 0 Å². The molecule has 0 radical (unpaired) electrons. The summed E-state index contributed by atoms with van der Waals surface area (Å²) in [4.78, 5) is 15.1. The molecular formula is C10H11ClF2N2O2. The summed E-state index contributed by atoms with van der Waals surface area (Å²) in [5.41, 5.74) is 4.88. The fourth-order valence-corrected chi connectivity index (χ4v) is 1.60. The number of halogens is 3. The first-order valence-corrected chi connectivity index (χ1v) is 5.23. The van der Waals surface area contributed by atoms with E-state index in [-0.39, 0.29) is 24.3 Å². The molecule has 0 aliphatic heterocycles. The van der Waals surface area contributed by atoms with E-state index in [1.165, 1.54) is 0 Å². The molecule has 0 aliphatic rings. The highest BCUT2D eigenvalue weighted by atomic mass is 35.5. The predicted octanol–water partition coefficient (Wildman–Crippen LogP) is 2.31. The van der Waals surface area contributed by atoms with Crippen molar-refractivity contribution < 1.29 is 18.3 Å². The number of nitrogens with two attached hydrogens (primary N) is 1. The second-order valence-electron chi connectivity index (χ2n) is 3.08. The number of carbonyl (C=O) groups excluding carboxylic acids is 1. The fraction of sp³-hybridized carbons (Fsp3) is 0.400. The molecule has 2 N–H and O–H groups in total. The summed E-state index contributed by atoms with van der Waals surface area (Å²) in [5.74, 6) is -0.776. The van der Waals surface area contributed by atoms with Crippen LogP contribution in [0.3, 0.4) is 0 Å². The van der Waals surface area contributed by atoms with Crippen LogP contribution >= 0.6 is 11.6 Å². The zero-order chi connectivity index (χ0) is 13.0. The Labute approximate surface area is 102 Å². The van der Waals surface area contributed by atoms with E-state index in [4.69, 9.17) is 22.1 Å². The number of alkyl halides is 2. The van der Waals surface area contributed by atoms with E-state index in [9.17, 15) is 13.6 Å². The Balaban J connectivity index is 3.32. The number of ether oxygens (including phenoxy) is 1. The quantitative estimate of drug-likeness (QED) is 0.848. The third kappa shape index (κ3) is 2.89. The largest absolute Gasteiger partial charge is 0.462 e. The van der Waals surface area contributed by atoms with Crippen LogP contribution in [0.1, 0.15) is 35.0 Å². The Bertz CT molecular complexity index is 427. The number of carbonyl (C=O) groups is 1. The maximum atomic E-state index is 12.6. The van der Waals surface area contributed by atoms with Crippen LogP contribution in [0.15, 0.2) is 6.20 Å². The normalized spacial score (nSPS) is 10.7. The molecule has 7 heteroatoms. The lowest BCUT2D eigenvalue weighted by Crippen LogP contribution is -2.14. The van der Waals surface area contributed by atoms with Gasteiger partial charge in [0.2, 0.25) is 0 Å². The van der Waals surface area contributed by atoms with Gasteiger partial charge in [-0.3, -0.25) is 4.98 Å². The molecule has 4 nitrogen and oxygen atoms in total. The standard InChI is InChI=1S/C10H11ClF2N2O2/c1-2-17-10(16)6-5(3-14)4-15-8(7(6)11)9(12)13/h4,9H,2-3,14H2,1H3. The maximum Gasteiger partial charge on any atom is 0.340 e. The van der Waals surface area contributed by atoms with Crippen LogP contribution in [0, 0.1) is 0 Å². The SMILES string of the molecule is CCOC(=O)c1c(CN)cnc(C(F)F)c1Cl. The molecule has 0 amide bonds. The lowest BCUT2D eigenvalue weighted by Gasteiger charge is -2.11. The molecule has 0 spiro atoms. The van der Waals surface area contributed by atoms with Gasteiger partial charge in [-0.15, -0.1) is 0 Å². The van der Waals surface area contributed by atoms with Crippen LogP contribution in [0.25, 0.3) is 0 Å². The summed E-state index contributed by atoms with van der Waals surface area (Å²) in [7, 11) is 0. The summed E-state index contributed by atoms with van der Waals surface area (Å²) in [5, 5.41) is -0.401. The van der Waals surface area contributed by atoms with Crippen molar-refractivity contribution >= 4 is 17.6 Å². The number of hydrogen-bond acceptors (Lipinski definition) is 4. The number of nitrogens with zero attached hydrogens (tertiary/aromatic N) is 1. The number of pyridine rings is 1. The first kappa shape index (κ1) is 13.8. The van der Waals surface area contributed by atoms with E-state index in [2.05, 4.69) is 4.98 Å². The van der Waals surface area contributed by atoms with E-state index in [1.54, 1.807) is 6.92 Å². The van der Waals surface area contributed by atoms with E-state index >= 15 is 0 Å². The molecular weight excluding hydrogens is 254 g/mol. The smallest absolute Gasteiger partial charge is 0.340 e. The fourth-order valence-electron chi connectivity index (χ4n) is 1.27. The van der Waals surface area contributed by atoms with Crippen LogP contribution < -0.4 is 5.73 Å². The summed E-state index contributed by atoms with van der Waals surface area (Å²) in [6.45, 7) is 1.68. The predicted molar refractivity (Wildman–Crippen MR) is 58.1 cm³/mol. The van der Waals surface area contributed by atoms with Gasteiger partial charge in [0, 0.05) is 18.3 Å². The molecule has 17 heavy (non-hydrogen) atoms. The molecule has 1 aromatic heterocycles. The van der Waals surface area contributed by atoms with Crippen LogP contribution in [0.5, 0.6) is 0 Å². The molecule has 0 bridgehead atoms. The van der Waals surface area contributed by atoms with Crippen LogP contribution in [-0.4, -0.2) is 17.6 Å². The van der Waals surface area contributed by atoms with Gasteiger partial charge in [-0.05, 0) is 6.92 Å². The molecule has 0 atom stereocenters. The van der Waals surface area contributed by atoms with E-state index in [1.807, 2.05) is 0 Å². The van der Waals surface area contributed by atoms with Crippen molar-refractivity contribution in [1.29, 1.82) is 0 Å². The van der Waals surface area contributed by atoms with Crippen LogP contribution in [0.2, 0.25) is 5.02 Å². The summed E-state index contributed by atoms with van der Waals surface area (Å²) in [6.07, 6.45) is -1.75. The lowest BCUT2D eigenvalue weighted by atomic mass is 10.1. The third-order valence-electron chi connectivity index (χ3n) is 2.03. The minimum absolute atomic E-state index is 0.0373. The topological polar surface area (TPSA) is 65.2 Å². The van der Waals surface area contributed by atoms with E-state index in [0.29, 0.717) is 0 Å². The van der Waals surface area contributed by atoms with Crippen LogP contribution in [0.4, 0.5) is 8.78 Å². The molecule has 0 fully saturated rings. The Morgan fingerprint density at radius 1 is 1.65 bits per heavy atom. The highest BCUT2D eigenvalue weighted by Gasteiger charge is 2.24. The Kier molecular flexibility index (Phi) is 4.77. The monoisotopic (exact) mass is 264 g/mol. The van der Waals surface area contributed by atoms with Crippen molar-refractivity contribution in [2.75, 3.05) is 6.61 Å². The molecule has 0 saturated carbocycles. The van der Waals surface area contributed by atoms with Gasteiger partial charge >= 0.3 is 5.97 Å². The first-order valence-electron chi connectivity index (χ1n) is 4.85. The Morgan fingerprint density at radius 3 is 2.76 bits per heavy atom. The van der Waals surface area contributed by atoms with Gasteiger partial charge in [-0.2, -0.15) is 0 Å². The Hall–Kier alpha value is -1.27. The van der Waals surface area contributed by atoms with Gasteiger partial charge in [-0.25, -0.2) is 13.6 Å². The molecule has 0 unspecified atom stereocenters. The van der Waals surface area contributed by atoms with Crippen molar-refractivity contribution in [2.24, 2.45) is 5.73 Å². The highest BCUT2D eigenvalue weighted by Crippen LogP contribution is 2.30. The van der Waals surface area contributed by atoms with Gasteiger partial charge in [-0.1, -0.05) is 11.6 Å². The molecule has 0 aliphatic carbocycles.